The lowest BCUT2D eigenvalue weighted by atomic mass is 10.0. The van der Waals surface area contributed by atoms with Crippen LogP contribution in [0.25, 0.3) is 11.1 Å². The van der Waals surface area contributed by atoms with E-state index in [2.05, 4.69) is 14.5 Å². The number of anilines is 2. The summed E-state index contributed by atoms with van der Waals surface area (Å²) in [5, 5.41) is 0. The highest BCUT2D eigenvalue weighted by molar-refractivity contribution is 5.96. The standard InChI is InChI=1S/C15H15N3O4/c1-21-14(19)10-4-3-8(5-11(10)16)9-6-12(17)13(18-7-9)15(20)22-2/h3-7H,16-17H2,1-2H3. The van der Waals surface area contributed by atoms with Crippen molar-refractivity contribution < 1.29 is 19.1 Å². The van der Waals surface area contributed by atoms with Crippen LogP contribution in [0.2, 0.25) is 0 Å². The molecule has 22 heavy (non-hydrogen) atoms. The van der Waals surface area contributed by atoms with Gasteiger partial charge in [0.05, 0.1) is 25.5 Å². The molecule has 0 bridgehead atoms. The highest BCUT2D eigenvalue weighted by Crippen LogP contribution is 2.26. The zero-order chi connectivity index (χ0) is 16.3. The van der Waals surface area contributed by atoms with Crippen LogP contribution in [-0.4, -0.2) is 31.1 Å². The molecule has 1 aromatic carbocycles. The molecule has 2 rings (SSSR count). The van der Waals surface area contributed by atoms with Crippen LogP contribution in [0.4, 0.5) is 11.4 Å². The predicted octanol–water partition coefficient (Wildman–Crippen LogP) is 1.49. The molecule has 4 N–H and O–H groups in total. The Hall–Kier alpha value is -3.09. The Morgan fingerprint density at radius 3 is 2.14 bits per heavy atom. The average Bonchev–Trinajstić information content (AvgIpc) is 2.53. The number of pyridine rings is 1. The molecular weight excluding hydrogens is 286 g/mol. The number of ether oxygens (including phenoxy) is 2. The highest BCUT2D eigenvalue weighted by Gasteiger charge is 2.14. The van der Waals surface area contributed by atoms with Crippen molar-refractivity contribution >= 4 is 23.3 Å². The van der Waals surface area contributed by atoms with Gasteiger partial charge in [-0.05, 0) is 23.8 Å². The van der Waals surface area contributed by atoms with Gasteiger partial charge in [0.1, 0.15) is 0 Å². The quantitative estimate of drug-likeness (QED) is 0.651. The molecule has 0 fully saturated rings. The van der Waals surface area contributed by atoms with E-state index in [0.717, 1.165) is 0 Å². The number of carbonyl (C=O) groups is 2. The summed E-state index contributed by atoms with van der Waals surface area (Å²) in [6.07, 6.45) is 1.48. The number of carbonyl (C=O) groups excluding carboxylic acids is 2. The largest absolute Gasteiger partial charge is 0.465 e. The minimum Gasteiger partial charge on any atom is -0.465 e. The van der Waals surface area contributed by atoms with Crippen LogP contribution in [0, 0.1) is 0 Å². The van der Waals surface area contributed by atoms with Crippen molar-refractivity contribution in [2.75, 3.05) is 25.7 Å². The minimum atomic E-state index is -0.607. The average molecular weight is 301 g/mol. The highest BCUT2D eigenvalue weighted by atomic mass is 16.5. The lowest BCUT2D eigenvalue weighted by Crippen LogP contribution is -2.08. The van der Waals surface area contributed by atoms with Gasteiger partial charge in [-0.2, -0.15) is 0 Å². The summed E-state index contributed by atoms with van der Waals surface area (Å²) in [5.41, 5.74) is 13.8. The van der Waals surface area contributed by atoms with Gasteiger partial charge in [-0.3, -0.25) is 0 Å². The second kappa shape index (κ2) is 6.13. The van der Waals surface area contributed by atoms with Gasteiger partial charge in [-0.1, -0.05) is 6.07 Å². The van der Waals surface area contributed by atoms with Crippen LogP contribution in [0.15, 0.2) is 30.5 Å². The van der Waals surface area contributed by atoms with Crippen LogP contribution in [0.5, 0.6) is 0 Å². The maximum absolute atomic E-state index is 11.5. The summed E-state index contributed by atoms with van der Waals surface area (Å²) in [7, 11) is 2.54. The van der Waals surface area contributed by atoms with Crippen molar-refractivity contribution in [3.63, 3.8) is 0 Å². The maximum atomic E-state index is 11.5. The number of hydrogen-bond donors (Lipinski definition) is 2. The molecule has 0 unspecified atom stereocenters. The molecule has 0 aliphatic rings. The van der Waals surface area contributed by atoms with E-state index in [1.165, 1.54) is 20.4 Å². The summed E-state index contributed by atoms with van der Waals surface area (Å²) in [6, 6.07) is 6.45. The molecule has 114 valence electrons. The molecule has 0 saturated carbocycles. The summed E-state index contributed by atoms with van der Waals surface area (Å²) in [4.78, 5) is 27.0. The molecule has 0 aliphatic carbocycles. The zero-order valence-electron chi connectivity index (χ0n) is 12.1. The van der Waals surface area contributed by atoms with Gasteiger partial charge in [-0.25, -0.2) is 14.6 Å². The molecule has 2 aromatic rings. The number of aromatic nitrogens is 1. The third-order valence-electron chi connectivity index (χ3n) is 3.09. The van der Waals surface area contributed by atoms with Crippen LogP contribution < -0.4 is 11.5 Å². The normalized spacial score (nSPS) is 10.1. The fourth-order valence-corrected chi connectivity index (χ4v) is 1.95. The SMILES string of the molecule is COC(=O)c1ccc(-c2cnc(C(=O)OC)c(N)c2)cc1N. The number of nitrogen functional groups attached to an aromatic ring is 2. The van der Waals surface area contributed by atoms with Crippen LogP contribution in [-0.2, 0) is 9.47 Å². The Bertz CT molecular complexity index is 680. The first-order valence-electron chi connectivity index (χ1n) is 6.30. The number of nitrogens with zero attached hydrogens (tertiary/aromatic N) is 1. The number of nitrogens with two attached hydrogens (primary N) is 2. The van der Waals surface area contributed by atoms with Crippen LogP contribution in [0.1, 0.15) is 20.8 Å². The van der Waals surface area contributed by atoms with Gasteiger partial charge in [0.2, 0.25) is 0 Å². The minimum absolute atomic E-state index is 0.0467. The number of esters is 2. The predicted molar refractivity (Wildman–Crippen MR) is 81.2 cm³/mol. The maximum Gasteiger partial charge on any atom is 0.358 e. The van der Waals surface area contributed by atoms with Gasteiger partial charge >= 0.3 is 11.9 Å². The number of benzene rings is 1. The third kappa shape index (κ3) is 2.83. The first kappa shape index (κ1) is 15.3. The van der Waals surface area contributed by atoms with Crippen molar-refractivity contribution in [3.8, 4) is 11.1 Å². The van der Waals surface area contributed by atoms with Crippen molar-refractivity contribution in [1.82, 2.24) is 4.98 Å². The number of methoxy groups -OCH3 is 2. The Balaban J connectivity index is 2.41. The summed E-state index contributed by atoms with van der Waals surface area (Å²) >= 11 is 0. The third-order valence-corrected chi connectivity index (χ3v) is 3.09. The van der Waals surface area contributed by atoms with E-state index < -0.39 is 11.9 Å². The van der Waals surface area contributed by atoms with E-state index in [4.69, 9.17) is 11.5 Å². The van der Waals surface area contributed by atoms with Gasteiger partial charge in [0.25, 0.3) is 0 Å². The first-order valence-corrected chi connectivity index (χ1v) is 6.30. The molecule has 0 saturated heterocycles. The van der Waals surface area contributed by atoms with Gasteiger partial charge in [-0.15, -0.1) is 0 Å². The lowest BCUT2D eigenvalue weighted by Gasteiger charge is -2.09. The van der Waals surface area contributed by atoms with Crippen molar-refractivity contribution in [3.05, 3.63) is 41.7 Å². The molecule has 7 heteroatoms. The molecule has 0 amide bonds. The van der Waals surface area contributed by atoms with Crippen molar-refractivity contribution in [1.29, 1.82) is 0 Å². The Morgan fingerprint density at radius 1 is 0.955 bits per heavy atom. The van der Waals surface area contributed by atoms with E-state index >= 15 is 0 Å². The van der Waals surface area contributed by atoms with Crippen LogP contribution in [0.3, 0.4) is 0 Å². The van der Waals surface area contributed by atoms with Crippen molar-refractivity contribution in [2.24, 2.45) is 0 Å². The second-order valence-corrected chi connectivity index (χ2v) is 4.45. The lowest BCUT2D eigenvalue weighted by molar-refractivity contribution is 0.0589. The Kier molecular flexibility index (Phi) is 4.26. The monoisotopic (exact) mass is 301 g/mol. The van der Waals surface area contributed by atoms with Crippen molar-refractivity contribution in [2.45, 2.75) is 0 Å². The topological polar surface area (TPSA) is 118 Å². The molecule has 0 radical (unpaired) electrons. The van der Waals surface area contributed by atoms with Gasteiger partial charge in [0, 0.05) is 17.4 Å². The fourth-order valence-electron chi connectivity index (χ4n) is 1.95. The summed E-state index contributed by atoms with van der Waals surface area (Å²) in [6.45, 7) is 0. The zero-order valence-corrected chi connectivity index (χ0v) is 12.1. The molecular formula is C15H15N3O4. The fraction of sp³-hybridized carbons (Fsp3) is 0.133. The molecule has 1 heterocycles. The first-order chi connectivity index (χ1) is 10.5. The number of hydrogen-bond acceptors (Lipinski definition) is 7. The van der Waals surface area contributed by atoms with E-state index in [-0.39, 0.29) is 22.6 Å². The second-order valence-electron chi connectivity index (χ2n) is 4.45. The molecule has 0 spiro atoms. The number of rotatable bonds is 3. The van der Waals surface area contributed by atoms with E-state index in [1.54, 1.807) is 24.3 Å². The van der Waals surface area contributed by atoms with E-state index in [9.17, 15) is 9.59 Å². The summed E-state index contributed by atoms with van der Waals surface area (Å²) in [5.74, 6) is -1.12. The molecule has 1 aromatic heterocycles. The molecule has 0 aliphatic heterocycles. The van der Waals surface area contributed by atoms with E-state index in [1.807, 2.05) is 0 Å². The molecule has 7 nitrogen and oxygen atoms in total. The Morgan fingerprint density at radius 2 is 1.59 bits per heavy atom. The van der Waals surface area contributed by atoms with Gasteiger partial charge in [0.15, 0.2) is 5.69 Å². The van der Waals surface area contributed by atoms with E-state index in [0.29, 0.717) is 11.1 Å². The van der Waals surface area contributed by atoms with Crippen LogP contribution >= 0.6 is 0 Å². The summed E-state index contributed by atoms with van der Waals surface area (Å²) < 4.78 is 9.22. The smallest absolute Gasteiger partial charge is 0.358 e. The molecule has 0 atom stereocenters. The Labute approximate surface area is 126 Å². The van der Waals surface area contributed by atoms with Gasteiger partial charge < -0.3 is 20.9 Å².